The average molecular weight is 420 g/mol. The number of hydrogen-bond donors (Lipinski definition) is 1. The summed E-state index contributed by atoms with van der Waals surface area (Å²) in [6, 6.07) is 23.5. The van der Waals surface area contributed by atoms with Gasteiger partial charge in [-0.2, -0.15) is 0 Å². The molecule has 6 nitrogen and oxygen atoms in total. The van der Waals surface area contributed by atoms with Crippen LogP contribution < -0.4 is 5.73 Å². The van der Waals surface area contributed by atoms with Gasteiger partial charge in [-0.1, -0.05) is 66.7 Å². The van der Waals surface area contributed by atoms with Crippen LogP contribution in [-0.2, 0) is 20.2 Å². The van der Waals surface area contributed by atoms with E-state index in [1.165, 1.54) is 18.0 Å². The molecule has 0 aromatic heterocycles. The van der Waals surface area contributed by atoms with Crippen LogP contribution in [0.25, 0.3) is 11.1 Å². The predicted molar refractivity (Wildman–Crippen MR) is 117 cm³/mol. The molecular formula is C23H21N3O3S. The van der Waals surface area contributed by atoms with Crippen molar-refractivity contribution in [1.29, 1.82) is 0 Å². The van der Waals surface area contributed by atoms with E-state index in [1.54, 1.807) is 36.4 Å². The zero-order valence-corrected chi connectivity index (χ0v) is 17.4. The van der Waals surface area contributed by atoms with Crippen LogP contribution in [0.4, 0.5) is 0 Å². The predicted octanol–water partition coefficient (Wildman–Crippen LogP) is 2.79. The van der Waals surface area contributed by atoms with Gasteiger partial charge < -0.3 is 5.73 Å². The van der Waals surface area contributed by atoms with E-state index in [9.17, 15) is 13.2 Å². The number of nitrogens with two attached hydrogens (primary N) is 1. The Morgan fingerprint density at radius 1 is 0.900 bits per heavy atom. The number of amides is 1. The molecule has 152 valence electrons. The molecule has 0 aliphatic carbocycles. The van der Waals surface area contributed by atoms with Crippen molar-refractivity contribution in [2.24, 2.45) is 10.7 Å². The molecule has 0 saturated carbocycles. The largest absolute Gasteiger partial charge is 0.369 e. The lowest BCUT2D eigenvalue weighted by Gasteiger charge is -2.28. The van der Waals surface area contributed by atoms with Gasteiger partial charge in [-0.3, -0.25) is 9.69 Å². The van der Waals surface area contributed by atoms with E-state index >= 15 is 0 Å². The van der Waals surface area contributed by atoms with Crippen LogP contribution in [-0.4, -0.2) is 38.5 Å². The van der Waals surface area contributed by atoms with E-state index in [2.05, 4.69) is 4.99 Å². The standard InChI is InChI=1S/C23H21N3O3S/c1-26-21(27)23(25-22(26)24,18-11-7-4-8-12-18)19-15-17(16-9-5-3-6-10-16)13-14-20(19)30(2,28)29/h3-15H,1-2H3,(H2,24,25). The zero-order chi connectivity index (χ0) is 21.5. The van der Waals surface area contributed by atoms with Crippen LogP contribution >= 0.6 is 0 Å². The molecular weight excluding hydrogens is 398 g/mol. The molecule has 1 heterocycles. The molecule has 1 atom stereocenters. The summed E-state index contributed by atoms with van der Waals surface area (Å²) >= 11 is 0. The van der Waals surface area contributed by atoms with E-state index in [0.29, 0.717) is 5.56 Å². The first-order valence-electron chi connectivity index (χ1n) is 9.34. The smallest absolute Gasteiger partial charge is 0.266 e. The van der Waals surface area contributed by atoms with Crippen molar-refractivity contribution in [1.82, 2.24) is 4.90 Å². The van der Waals surface area contributed by atoms with Gasteiger partial charge in [0, 0.05) is 18.9 Å². The fraction of sp³-hybridized carbons (Fsp3) is 0.130. The molecule has 0 radical (unpaired) electrons. The van der Waals surface area contributed by atoms with Crippen LogP contribution in [0.1, 0.15) is 11.1 Å². The summed E-state index contributed by atoms with van der Waals surface area (Å²) < 4.78 is 25.4. The van der Waals surface area contributed by atoms with Crippen molar-refractivity contribution in [3.8, 4) is 11.1 Å². The molecule has 4 rings (SSSR count). The summed E-state index contributed by atoms with van der Waals surface area (Å²) in [6.45, 7) is 0. The Hall–Kier alpha value is -3.45. The molecule has 1 aliphatic rings. The SMILES string of the molecule is CN1C(=O)C(c2ccccc2)(c2cc(-c3ccccc3)ccc2S(C)(=O)=O)N=C1N. The molecule has 7 heteroatoms. The second kappa shape index (κ2) is 7.11. The quantitative estimate of drug-likeness (QED) is 0.704. The van der Waals surface area contributed by atoms with Crippen molar-refractivity contribution in [3.05, 3.63) is 90.0 Å². The first-order valence-corrected chi connectivity index (χ1v) is 11.2. The maximum atomic E-state index is 13.5. The molecule has 0 spiro atoms. The van der Waals surface area contributed by atoms with Crippen LogP contribution in [0.3, 0.4) is 0 Å². The molecule has 3 aromatic carbocycles. The van der Waals surface area contributed by atoms with Gasteiger partial charge in [0.1, 0.15) is 0 Å². The highest BCUT2D eigenvalue weighted by molar-refractivity contribution is 7.90. The third kappa shape index (κ3) is 3.07. The number of hydrogen-bond acceptors (Lipinski definition) is 5. The van der Waals surface area contributed by atoms with Gasteiger partial charge in [-0.25, -0.2) is 13.4 Å². The Morgan fingerprint density at radius 2 is 1.50 bits per heavy atom. The van der Waals surface area contributed by atoms with Crippen molar-refractivity contribution in [3.63, 3.8) is 0 Å². The number of rotatable bonds is 4. The topological polar surface area (TPSA) is 92.8 Å². The van der Waals surface area contributed by atoms with Gasteiger partial charge >= 0.3 is 0 Å². The molecule has 3 aromatic rings. The summed E-state index contributed by atoms with van der Waals surface area (Å²) in [5, 5.41) is 0. The van der Waals surface area contributed by atoms with Crippen LogP contribution in [0.2, 0.25) is 0 Å². The van der Waals surface area contributed by atoms with Crippen molar-refractivity contribution < 1.29 is 13.2 Å². The summed E-state index contributed by atoms with van der Waals surface area (Å²) in [4.78, 5) is 19.3. The second-order valence-corrected chi connectivity index (χ2v) is 9.24. The Bertz CT molecular complexity index is 1260. The fourth-order valence-corrected chi connectivity index (χ4v) is 4.71. The molecule has 0 fully saturated rings. The average Bonchev–Trinajstić information content (AvgIpc) is 2.99. The Morgan fingerprint density at radius 3 is 2.03 bits per heavy atom. The minimum atomic E-state index is -3.66. The van der Waals surface area contributed by atoms with Crippen LogP contribution in [0.15, 0.2) is 88.8 Å². The normalized spacial score (nSPS) is 19.1. The van der Waals surface area contributed by atoms with E-state index in [-0.39, 0.29) is 16.4 Å². The highest BCUT2D eigenvalue weighted by atomic mass is 32.2. The summed E-state index contributed by atoms with van der Waals surface area (Å²) in [5.74, 6) is -0.366. The summed E-state index contributed by atoms with van der Waals surface area (Å²) in [5.41, 5.74) is 6.98. The molecule has 0 bridgehead atoms. The first-order chi connectivity index (χ1) is 14.2. The zero-order valence-electron chi connectivity index (χ0n) is 16.6. The van der Waals surface area contributed by atoms with E-state index < -0.39 is 21.3 Å². The molecule has 30 heavy (non-hydrogen) atoms. The highest BCUT2D eigenvalue weighted by Crippen LogP contribution is 2.43. The first kappa shape index (κ1) is 19.8. The number of carbonyl (C=O) groups excluding carboxylic acids is 1. The molecule has 0 saturated heterocycles. The minimum Gasteiger partial charge on any atom is -0.369 e. The van der Waals surface area contributed by atoms with Crippen molar-refractivity contribution >= 4 is 21.7 Å². The third-order valence-corrected chi connectivity index (χ3v) is 6.46. The minimum absolute atomic E-state index is 0.0356. The van der Waals surface area contributed by atoms with Crippen molar-refractivity contribution in [2.75, 3.05) is 13.3 Å². The Kier molecular flexibility index (Phi) is 4.70. The molecule has 1 aliphatic heterocycles. The number of guanidine groups is 1. The fourth-order valence-electron chi connectivity index (χ4n) is 3.79. The second-order valence-electron chi connectivity index (χ2n) is 7.26. The molecule has 2 N–H and O–H groups in total. The third-order valence-electron chi connectivity index (χ3n) is 5.31. The lowest BCUT2D eigenvalue weighted by molar-refractivity contribution is -0.129. The van der Waals surface area contributed by atoms with Gasteiger partial charge in [0.25, 0.3) is 5.91 Å². The van der Waals surface area contributed by atoms with Gasteiger partial charge in [-0.15, -0.1) is 0 Å². The van der Waals surface area contributed by atoms with Crippen molar-refractivity contribution in [2.45, 2.75) is 10.4 Å². The molecule has 1 amide bonds. The van der Waals surface area contributed by atoms with E-state index in [1.807, 2.05) is 36.4 Å². The maximum Gasteiger partial charge on any atom is 0.266 e. The number of benzene rings is 3. The van der Waals surface area contributed by atoms with Crippen LogP contribution in [0, 0.1) is 0 Å². The number of nitrogens with zero attached hydrogens (tertiary/aromatic N) is 2. The van der Waals surface area contributed by atoms with Gasteiger partial charge in [-0.05, 0) is 28.8 Å². The van der Waals surface area contributed by atoms with E-state index in [4.69, 9.17) is 5.73 Å². The summed E-state index contributed by atoms with van der Waals surface area (Å²) in [7, 11) is -2.12. The Labute approximate surface area is 175 Å². The maximum absolute atomic E-state index is 13.5. The van der Waals surface area contributed by atoms with Crippen LogP contribution in [0.5, 0.6) is 0 Å². The monoisotopic (exact) mass is 419 g/mol. The number of likely N-dealkylation sites (N-methyl/N-ethyl adjacent to an activating group) is 1. The lowest BCUT2D eigenvalue weighted by atomic mass is 9.81. The number of sulfone groups is 1. The molecule has 1 unspecified atom stereocenters. The van der Waals surface area contributed by atoms with E-state index in [0.717, 1.165) is 17.4 Å². The van der Waals surface area contributed by atoms with Gasteiger partial charge in [0.2, 0.25) is 0 Å². The highest BCUT2D eigenvalue weighted by Gasteiger charge is 2.51. The Balaban J connectivity index is 2.10. The lowest BCUT2D eigenvalue weighted by Crippen LogP contribution is -2.41. The van der Waals surface area contributed by atoms with Gasteiger partial charge in [0.05, 0.1) is 4.90 Å². The number of aliphatic imine (C=N–C) groups is 1. The summed E-state index contributed by atoms with van der Waals surface area (Å²) in [6.07, 6.45) is 1.13. The van der Waals surface area contributed by atoms with Gasteiger partial charge in [0.15, 0.2) is 21.3 Å². The number of carbonyl (C=O) groups is 1.